The largest absolute Gasteiger partial charge is 0.399 e. The lowest BCUT2D eigenvalue weighted by Crippen LogP contribution is -2.27. The first-order valence-electron chi connectivity index (χ1n) is 6.08. The van der Waals surface area contributed by atoms with Crippen molar-refractivity contribution in [2.24, 2.45) is 0 Å². The van der Waals surface area contributed by atoms with E-state index < -0.39 is 0 Å². The molecule has 0 bridgehead atoms. The number of nitrogens with two attached hydrogens (primary N) is 1. The maximum Gasteiger partial charge on any atom is 0.252 e. The quantitative estimate of drug-likeness (QED) is 0.759. The molecule has 3 N–H and O–H groups in total. The van der Waals surface area contributed by atoms with Crippen LogP contribution in [0.15, 0.2) is 51.4 Å². The molecule has 0 saturated carbocycles. The Morgan fingerprint density at radius 3 is 2.60 bits per heavy atom. The molecular weight excluding hydrogens is 384 g/mol. The molecular formula is C15H14Br2N2O. The fourth-order valence-electron chi connectivity index (χ4n) is 1.86. The van der Waals surface area contributed by atoms with Crippen LogP contribution in [0.3, 0.4) is 0 Å². The van der Waals surface area contributed by atoms with Crippen LogP contribution < -0.4 is 11.1 Å². The SMILES string of the molecule is CC(NC(=O)c1ccc(Br)cc1Br)c1cccc(N)c1. The summed E-state index contributed by atoms with van der Waals surface area (Å²) in [4.78, 5) is 12.3. The van der Waals surface area contributed by atoms with Crippen LogP contribution in [0, 0.1) is 0 Å². The number of anilines is 1. The van der Waals surface area contributed by atoms with Crippen molar-refractivity contribution in [2.75, 3.05) is 5.73 Å². The van der Waals surface area contributed by atoms with Gasteiger partial charge in [-0.15, -0.1) is 0 Å². The molecule has 1 unspecified atom stereocenters. The third kappa shape index (κ3) is 3.61. The predicted octanol–water partition coefficient (Wildman–Crippen LogP) is 4.28. The third-order valence-electron chi connectivity index (χ3n) is 2.93. The number of nitrogen functional groups attached to an aromatic ring is 1. The molecule has 3 nitrogen and oxygen atoms in total. The van der Waals surface area contributed by atoms with Crippen molar-refractivity contribution < 1.29 is 4.79 Å². The molecule has 0 aromatic heterocycles. The topological polar surface area (TPSA) is 55.1 Å². The number of rotatable bonds is 3. The van der Waals surface area contributed by atoms with Gasteiger partial charge in [-0.1, -0.05) is 28.1 Å². The van der Waals surface area contributed by atoms with Gasteiger partial charge < -0.3 is 11.1 Å². The summed E-state index contributed by atoms with van der Waals surface area (Å²) in [7, 11) is 0. The van der Waals surface area contributed by atoms with Crippen molar-refractivity contribution in [3.63, 3.8) is 0 Å². The summed E-state index contributed by atoms with van der Waals surface area (Å²) in [5.74, 6) is -0.126. The van der Waals surface area contributed by atoms with E-state index in [4.69, 9.17) is 5.73 Å². The van der Waals surface area contributed by atoms with Crippen molar-refractivity contribution in [1.82, 2.24) is 5.32 Å². The lowest BCUT2D eigenvalue weighted by molar-refractivity contribution is 0.0939. The fraction of sp³-hybridized carbons (Fsp3) is 0.133. The van der Waals surface area contributed by atoms with E-state index in [-0.39, 0.29) is 11.9 Å². The van der Waals surface area contributed by atoms with Gasteiger partial charge in [-0.05, 0) is 58.7 Å². The Balaban J connectivity index is 2.15. The van der Waals surface area contributed by atoms with Crippen LogP contribution in [0.4, 0.5) is 5.69 Å². The highest BCUT2D eigenvalue weighted by molar-refractivity contribution is 9.11. The smallest absolute Gasteiger partial charge is 0.252 e. The van der Waals surface area contributed by atoms with Crippen molar-refractivity contribution in [3.8, 4) is 0 Å². The summed E-state index contributed by atoms with van der Waals surface area (Å²) in [5, 5.41) is 2.96. The van der Waals surface area contributed by atoms with E-state index in [2.05, 4.69) is 37.2 Å². The zero-order chi connectivity index (χ0) is 14.7. The van der Waals surface area contributed by atoms with Gasteiger partial charge in [0.2, 0.25) is 0 Å². The van der Waals surface area contributed by atoms with E-state index in [1.165, 1.54) is 0 Å². The van der Waals surface area contributed by atoms with Gasteiger partial charge in [-0.2, -0.15) is 0 Å². The van der Waals surface area contributed by atoms with Crippen LogP contribution >= 0.6 is 31.9 Å². The second kappa shape index (κ2) is 6.41. The number of hydrogen-bond donors (Lipinski definition) is 2. The fourth-order valence-corrected chi connectivity index (χ4v) is 3.09. The Kier molecular flexibility index (Phi) is 4.83. The van der Waals surface area contributed by atoms with Gasteiger partial charge >= 0.3 is 0 Å². The Morgan fingerprint density at radius 2 is 1.95 bits per heavy atom. The molecule has 2 rings (SSSR count). The summed E-state index contributed by atoms with van der Waals surface area (Å²) >= 11 is 6.76. The second-order valence-electron chi connectivity index (χ2n) is 4.49. The normalized spacial score (nSPS) is 11.9. The molecule has 0 aliphatic heterocycles. The minimum absolute atomic E-state index is 0.110. The first kappa shape index (κ1) is 15.1. The summed E-state index contributed by atoms with van der Waals surface area (Å²) in [6.45, 7) is 1.93. The summed E-state index contributed by atoms with van der Waals surface area (Å²) in [5.41, 5.74) is 8.02. The number of carbonyl (C=O) groups excluding carboxylic acids is 1. The molecule has 2 aromatic rings. The van der Waals surface area contributed by atoms with E-state index in [0.717, 1.165) is 14.5 Å². The molecule has 0 aliphatic rings. The van der Waals surface area contributed by atoms with Gasteiger partial charge in [0, 0.05) is 14.6 Å². The van der Waals surface area contributed by atoms with E-state index in [1.54, 1.807) is 6.07 Å². The third-order valence-corrected chi connectivity index (χ3v) is 4.08. The van der Waals surface area contributed by atoms with Crippen LogP contribution in [-0.2, 0) is 0 Å². The molecule has 0 aliphatic carbocycles. The van der Waals surface area contributed by atoms with Gasteiger partial charge in [0.15, 0.2) is 0 Å². The molecule has 0 radical (unpaired) electrons. The first-order valence-corrected chi connectivity index (χ1v) is 7.67. The van der Waals surface area contributed by atoms with Crippen LogP contribution in [-0.4, -0.2) is 5.91 Å². The van der Waals surface area contributed by atoms with E-state index in [0.29, 0.717) is 11.3 Å². The van der Waals surface area contributed by atoms with Gasteiger partial charge in [-0.3, -0.25) is 4.79 Å². The second-order valence-corrected chi connectivity index (χ2v) is 6.26. The number of hydrogen-bond acceptors (Lipinski definition) is 2. The predicted molar refractivity (Wildman–Crippen MR) is 88.6 cm³/mol. The van der Waals surface area contributed by atoms with E-state index in [1.807, 2.05) is 43.3 Å². The lowest BCUT2D eigenvalue weighted by Gasteiger charge is -2.15. The average Bonchev–Trinajstić information content (AvgIpc) is 2.38. The van der Waals surface area contributed by atoms with Crippen LogP contribution in [0.2, 0.25) is 0 Å². The molecule has 104 valence electrons. The zero-order valence-corrected chi connectivity index (χ0v) is 14.0. The number of amides is 1. The summed E-state index contributed by atoms with van der Waals surface area (Å²) in [6, 6.07) is 12.9. The number of benzene rings is 2. The van der Waals surface area contributed by atoms with Gasteiger partial charge in [0.1, 0.15) is 0 Å². The van der Waals surface area contributed by atoms with Gasteiger partial charge in [-0.25, -0.2) is 0 Å². The van der Waals surface area contributed by atoms with Crippen LogP contribution in [0.1, 0.15) is 28.9 Å². The molecule has 2 aromatic carbocycles. The van der Waals surface area contributed by atoms with Crippen LogP contribution in [0.25, 0.3) is 0 Å². The molecule has 0 spiro atoms. The zero-order valence-electron chi connectivity index (χ0n) is 10.9. The maximum absolute atomic E-state index is 12.3. The minimum Gasteiger partial charge on any atom is -0.399 e. The van der Waals surface area contributed by atoms with Crippen molar-refractivity contribution in [3.05, 3.63) is 62.5 Å². The lowest BCUT2D eigenvalue weighted by atomic mass is 10.1. The standard InChI is InChI=1S/C15H14Br2N2O/c1-9(10-3-2-4-12(18)7-10)19-15(20)13-6-5-11(16)8-14(13)17/h2-9H,18H2,1H3,(H,19,20). The van der Waals surface area contributed by atoms with Gasteiger partial charge in [0.05, 0.1) is 11.6 Å². The first-order chi connectivity index (χ1) is 9.47. The van der Waals surface area contributed by atoms with E-state index in [9.17, 15) is 4.79 Å². The minimum atomic E-state index is -0.126. The summed E-state index contributed by atoms with van der Waals surface area (Å²) < 4.78 is 1.67. The molecule has 5 heteroatoms. The monoisotopic (exact) mass is 396 g/mol. The molecule has 20 heavy (non-hydrogen) atoms. The number of halogens is 2. The average molecular weight is 398 g/mol. The van der Waals surface area contributed by atoms with Crippen LogP contribution in [0.5, 0.6) is 0 Å². The highest BCUT2D eigenvalue weighted by Crippen LogP contribution is 2.23. The highest BCUT2D eigenvalue weighted by Gasteiger charge is 2.14. The Labute approximate surface area is 134 Å². The number of carbonyl (C=O) groups is 1. The molecule has 0 saturated heterocycles. The molecule has 0 heterocycles. The van der Waals surface area contributed by atoms with Crippen molar-refractivity contribution in [2.45, 2.75) is 13.0 Å². The molecule has 1 atom stereocenters. The highest BCUT2D eigenvalue weighted by atomic mass is 79.9. The van der Waals surface area contributed by atoms with E-state index >= 15 is 0 Å². The summed E-state index contributed by atoms with van der Waals surface area (Å²) in [6.07, 6.45) is 0. The van der Waals surface area contributed by atoms with Crippen molar-refractivity contribution >= 4 is 43.5 Å². The molecule has 0 fully saturated rings. The van der Waals surface area contributed by atoms with Gasteiger partial charge in [0.25, 0.3) is 5.91 Å². The maximum atomic E-state index is 12.3. The number of nitrogens with one attached hydrogen (secondary N) is 1. The van der Waals surface area contributed by atoms with Crippen molar-refractivity contribution in [1.29, 1.82) is 0 Å². The Hall–Kier alpha value is -1.33. The Bertz CT molecular complexity index is 644. The Morgan fingerprint density at radius 1 is 1.20 bits per heavy atom. The molecule has 1 amide bonds.